The second kappa shape index (κ2) is 11.3. The fraction of sp³-hybridized carbons (Fsp3) is 0.462. The molecule has 1 fully saturated rings. The molecule has 0 spiro atoms. The van der Waals surface area contributed by atoms with E-state index in [0.717, 1.165) is 42.4 Å². The number of hydrogen-bond donors (Lipinski definition) is 1. The maximum Gasteiger partial charge on any atom is 0.243 e. The molecule has 166 valence electrons. The molecular weight excluding hydrogens is 408 g/mol. The Morgan fingerprint density at radius 3 is 2.42 bits per heavy atom. The van der Waals surface area contributed by atoms with Crippen LogP contribution in [0.5, 0.6) is 0 Å². The van der Waals surface area contributed by atoms with E-state index in [-0.39, 0.29) is 24.3 Å². The summed E-state index contributed by atoms with van der Waals surface area (Å²) in [5, 5.41) is 3.88. The van der Waals surface area contributed by atoms with Crippen LogP contribution in [0.2, 0.25) is 5.02 Å². The number of carbonyl (C=O) groups excluding carboxylic acids is 2. The van der Waals surface area contributed by atoms with Gasteiger partial charge in [-0.25, -0.2) is 0 Å². The molecule has 1 saturated carbocycles. The van der Waals surface area contributed by atoms with Crippen LogP contribution in [0.3, 0.4) is 0 Å². The van der Waals surface area contributed by atoms with E-state index in [1.54, 1.807) is 4.90 Å². The first kappa shape index (κ1) is 23.3. The number of benzene rings is 2. The van der Waals surface area contributed by atoms with Crippen molar-refractivity contribution in [3.63, 3.8) is 0 Å². The fourth-order valence-corrected chi connectivity index (χ4v) is 4.47. The Morgan fingerprint density at radius 2 is 1.77 bits per heavy atom. The molecule has 1 atom stereocenters. The number of halogens is 1. The summed E-state index contributed by atoms with van der Waals surface area (Å²) < 4.78 is 0. The Kier molecular flexibility index (Phi) is 8.53. The number of rotatable bonds is 8. The predicted molar refractivity (Wildman–Crippen MR) is 126 cm³/mol. The van der Waals surface area contributed by atoms with Crippen LogP contribution in [0.4, 0.5) is 0 Å². The summed E-state index contributed by atoms with van der Waals surface area (Å²) in [5.41, 5.74) is 3.05. The Labute approximate surface area is 191 Å². The van der Waals surface area contributed by atoms with Gasteiger partial charge in [0.1, 0.15) is 6.04 Å². The zero-order valence-electron chi connectivity index (χ0n) is 18.6. The first-order valence-electron chi connectivity index (χ1n) is 11.4. The van der Waals surface area contributed by atoms with E-state index in [1.165, 1.54) is 6.42 Å². The van der Waals surface area contributed by atoms with Gasteiger partial charge in [-0.15, -0.1) is 0 Å². The predicted octanol–water partition coefficient (Wildman–Crippen LogP) is 5.45. The van der Waals surface area contributed by atoms with Gasteiger partial charge in [0.15, 0.2) is 0 Å². The van der Waals surface area contributed by atoms with E-state index in [0.29, 0.717) is 18.0 Å². The smallest absolute Gasteiger partial charge is 0.243 e. The maximum absolute atomic E-state index is 13.4. The first-order valence-corrected chi connectivity index (χ1v) is 11.7. The molecule has 4 nitrogen and oxygen atoms in total. The zero-order valence-corrected chi connectivity index (χ0v) is 19.3. The summed E-state index contributed by atoms with van der Waals surface area (Å²) in [6, 6.07) is 15.2. The van der Waals surface area contributed by atoms with Crippen molar-refractivity contribution in [2.75, 3.05) is 0 Å². The van der Waals surface area contributed by atoms with E-state index in [1.807, 2.05) is 62.4 Å². The second-order valence-electron chi connectivity index (χ2n) is 8.58. The van der Waals surface area contributed by atoms with Crippen LogP contribution in [-0.2, 0) is 22.6 Å². The van der Waals surface area contributed by atoms with Gasteiger partial charge in [-0.1, -0.05) is 79.7 Å². The van der Waals surface area contributed by atoms with Gasteiger partial charge in [0, 0.05) is 17.6 Å². The van der Waals surface area contributed by atoms with Crippen LogP contribution >= 0.6 is 11.6 Å². The molecule has 0 aliphatic heterocycles. The van der Waals surface area contributed by atoms with Crippen molar-refractivity contribution in [3.05, 3.63) is 70.2 Å². The standard InChI is InChI=1S/C26H33ClN2O2/c1-3-24(26(31)28-23-10-5-4-6-11-23)29(18-20-12-14-22(27)15-13-20)25(30)17-21-9-7-8-19(2)16-21/h7-9,12-16,23-24H,3-6,10-11,17-18H2,1-2H3,(H,28,31). The molecule has 5 heteroatoms. The van der Waals surface area contributed by atoms with Gasteiger partial charge in [-0.3, -0.25) is 9.59 Å². The molecular formula is C26H33ClN2O2. The van der Waals surface area contributed by atoms with E-state index in [2.05, 4.69) is 5.32 Å². The Hall–Kier alpha value is -2.33. The number of carbonyl (C=O) groups is 2. The monoisotopic (exact) mass is 440 g/mol. The van der Waals surface area contributed by atoms with Gasteiger partial charge < -0.3 is 10.2 Å². The van der Waals surface area contributed by atoms with E-state index in [9.17, 15) is 9.59 Å². The van der Waals surface area contributed by atoms with Crippen molar-refractivity contribution in [1.29, 1.82) is 0 Å². The number of hydrogen-bond acceptors (Lipinski definition) is 2. The summed E-state index contributed by atoms with van der Waals surface area (Å²) in [5.74, 6) is -0.0767. The van der Waals surface area contributed by atoms with E-state index < -0.39 is 6.04 Å². The number of nitrogens with one attached hydrogen (secondary N) is 1. The molecule has 0 bridgehead atoms. The molecule has 2 aromatic carbocycles. The lowest BCUT2D eigenvalue weighted by Gasteiger charge is -2.33. The fourth-order valence-electron chi connectivity index (χ4n) is 4.35. The van der Waals surface area contributed by atoms with Crippen molar-refractivity contribution in [1.82, 2.24) is 10.2 Å². The second-order valence-corrected chi connectivity index (χ2v) is 9.02. The molecule has 1 aliphatic carbocycles. The Bertz CT molecular complexity index is 875. The molecule has 2 amide bonds. The van der Waals surface area contributed by atoms with Gasteiger partial charge in [0.25, 0.3) is 0 Å². The lowest BCUT2D eigenvalue weighted by molar-refractivity contribution is -0.141. The zero-order chi connectivity index (χ0) is 22.2. The van der Waals surface area contributed by atoms with Gasteiger partial charge in [-0.05, 0) is 49.4 Å². The van der Waals surface area contributed by atoms with Gasteiger partial charge in [0.05, 0.1) is 6.42 Å². The van der Waals surface area contributed by atoms with E-state index in [4.69, 9.17) is 11.6 Å². The van der Waals surface area contributed by atoms with Crippen LogP contribution in [0.25, 0.3) is 0 Å². The van der Waals surface area contributed by atoms with Crippen molar-refractivity contribution in [2.45, 2.75) is 77.4 Å². The Balaban J connectivity index is 1.80. The molecule has 0 aromatic heterocycles. The van der Waals surface area contributed by atoms with Crippen LogP contribution < -0.4 is 5.32 Å². The van der Waals surface area contributed by atoms with Crippen molar-refractivity contribution >= 4 is 23.4 Å². The molecule has 3 rings (SSSR count). The summed E-state index contributed by atoms with van der Waals surface area (Å²) in [4.78, 5) is 28.4. The summed E-state index contributed by atoms with van der Waals surface area (Å²) in [6.07, 6.45) is 6.45. The molecule has 0 heterocycles. The lowest BCUT2D eigenvalue weighted by atomic mass is 9.95. The summed E-state index contributed by atoms with van der Waals surface area (Å²) in [6.45, 7) is 4.38. The third kappa shape index (κ3) is 6.83. The number of aryl methyl sites for hydroxylation is 1. The van der Waals surface area contributed by atoms with E-state index >= 15 is 0 Å². The average Bonchev–Trinajstić information content (AvgIpc) is 2.75. The molecule has 1 N–H and O–H groups in total. The summed E-state index contributed by atoms with van der Waals surface area (Å²) >= 11 is 6.04. The van der Waals surface area contributed by atoms with Crippen molar-refractivity contribution in [3.8, 4) is 0 Å². The minimum Gasteiger partial charge on any atom is -0.352 e. The third-order valence-corrected chi connectivity index (χ3v) is 6.29. The van der Waals surface area contributed by atoms with Crippen LogP contribution in [0.1, 0.15) is 62.1 Å². The van der Waals surface area contributed by atoms with Gasteiger partial charge in [-0.2, -0.15) is 0 Å². The lowest BCUT2D eigenvalue weighted by Crippen LogP contribution is -2.51. The third-order valence-electron chi connectivity index (χ3n) is 6.04. The highest BCUT2D eigenvalue weighted by Gasteiger charge is 2.30. The highest BCUT2D eigenvalue weighted by molar-refractivity contribution is 6.30. The highest BCUT2D eigenvalue weighted by Crippen LogP contribution is 2.20. The van der Waals surface area contributed by atoms with Gasteiger partial charge in [0.2, 0.25) is 11.8 Å². The minimum absolute atomic E-state index is 0.0359. The van der Waals surface area contributed by atoms with Crippen LogP contribution in [-0.4, -0.2) is 28.8 Å². The van der Waals surface area contributed by atoms with Crippen LogP contribution in [0.15, 0.2) is 48.5 Å². The maximum atomic E-state index is 13.4. The summed E-state index contributed by atoms with van der Waals surface area (Å²) in [7, 11) is 0. The SMILES string of the molecule is CCC(C(=O)NC1CCCCC1)N(Cc1ccc(Cl)cc1)C(=O)Cc1cccc(C)c1. The Morgan fingerprint density at radius 1 is 1.06 bits per heavy atom. The topological polar surface area (TPSA) is 49.4 Å². The van der Waals surface area contributed by atoms with Crippen LogP contribution in [0, 0.1) is 6.92 Å². The van der Waals surface area contributed by atoms with Crippen molar-refractivity contribution < 1.29 is 9.59 Å². The minimum atomic E-state index is -0.491. The first-order chi connectivity index (χ1) is 15.0. The van der Waals surface area contributed by atoms with Gasteiger partial charge >= 0.3 is 0 Å². The molecule has 31 heavy (non-hydrogen) atoms. The highest BCUT2D eigenvalue weighted by atomic mass is 35.5. The normalized spacial score (nSPS) is 15.3. The average molecular weight is 441 g/mol. The molecule has 1 aliphatic rings. The number of amides is 2. The number of nitrogens with zero attached hydrogens (tertiary/aromatic N) is 1. The largest absolute Gasteiger partial charge is 0.352 e. The molecule has 0 radical (unpaired) electrons. The van der Waals surface area contributed by atoms with Crippen molar-refractivity contribution in [2.24, 2.45) is 0 Å². The molecule has 2 aromatic rings. The molecule has 0 saturated heterocycles. The molecule has 1 unspecified atom stereocenters. The quantitative estimate of drug-likeness (QED) is 0.593.